The van der Waals surface area contributed by atoms with Crippen LogP contribution in [0.15, 0.2) is 42.6 Å². The van der Waals surface area contributed by atoms with Crippen molar-refractivity contribution < 1.29 is 5.11 Å². The standard InChI is InChI=1S/C21H25N3O/c1-15-6-2-3-11-24(15)13-19-20(17-8-4-7-16(12-17)14-25)18-9-5-10-22-21(18)23-19/h4-5,7-10,12,15,25H,2-3,6,11,13-14H2,1H3,(H,22,23). The molecule has 4 rings (SSSR count). The number of benzene rings is 1. The van der Waals surface area contributed by atoms with E-state index in [1.54, 1.807) is 0 Å². The molecular weight excluding hydrogens is 310 g/mol. The second-order valence-electron chi connectivity index (χ2n) is 7.05. The van der Waals surface area contributed by atoms with Gasteiger partial charge in [0, 0.05) is 35.4 Å². The van der Waals surface area contributed by atoms with Gasteiger partial charge < -0.3 is 10.1 Å². The predicted molar refractivity (Wildman–Crippen MR) is 101 cm³/mol. The molecule has 2 N–H and O–H groups in total. The molecule has 25 heavy (non-hydrogen) atoms. The van der Waals surface area contributed by atoms with Crippen molar-refractivity contribution in [2.45, 2.75) is 45.4 Å². The Morgan fingerprint density at radius 3 is 3.00 bits per heavy atom. The number of hydrogen-bond donors (Lipinski definition) is 2. The molecule has 0 spiro atoms. The zero-order chi connectivity index (χ0) is 17.2. The molecule has 4 nitrogen and oxygen atoms in total. The summed E-state index contributed by atoms with van der Waals surface area (Å²) in [6.07, 6.45) is 5.71. The fourth-order valence-corrected chi connectivity index (χ4v) is 3.94. The van der Waals surface area contributed by atoms with Crippen LogP contribution in [-0.2, 0) is 13.2 Å². The minimum absolute atomic E-state index is 0.0624. The number of hydrogen-bond acceptors (Lipinski definition) is 3. The lowest BCUT2D eigenvalue weighted by Gasteiger charge is -2.33. The molecule has 1 aliphatic heterocycles. The summed E-state index contributed by atoms with van der Waals surface area (Å²) >= 11 is 0. The Balaban J connectivity index is 1.80. The maximum Gasteiger partial charge on any atom is 0.138 e. The number of piperidine rings is 1. The van der Waals surface area contributed by atoms with E-state index in [0.29, 0.717) is 6.04 Å². The maximum absolute atomic E-state index is 9.51. The van der Waals surface area contributed by atoms with Crippen molar-refractivity contribution in [3.05, 3.63) is 53.9 Å². The average molecular weight is 335 g/mol. The summed E-state index contributed by atoms with van der Waals surface area (Å²) in [6.45, 7) is 4.45. The molecule has 1 aliphatic rings. The van der Waals surface area contributed by atoms with Crippen LogP contribution in [0.3, 0.4) is 0 Å². The average Bonchev–Trinajstić information content (AvgIpc) is 3.01. The van der Waals surface area contributed by atoms with Crippen LogP contribution in [0.5, 0.6) is 0 Å². The van der Waals surface area contributed by atoms with E-state index < -0.39 is 0 Å². The summed E-state index contributed by atoms with van der Waals surface area (Å²) in [4.78, 5) is 10.6. The quantitative estimate of drug-likeness (QED) is 0.755. The second-order valence-corrected chi connectivity index (χ2v) is 7.05. The molecule has 130 valence electrons. The molecule has 1 unspecified atom stereocenters. The van der Waals surface area contributed by atoms with Crippen LogP contribution in [-0.4, -0.2) is 32.6 Å². The largest absolute Gasteiger partial charge is 0.392 e. The topological polar surface area (TPSA) is 52.2 Å². The molecule has 3 aromatic rings. The second kappa shape index (κ2) is 6.98. The van der Waals surface area contributed by atoms with Gasteiger partial charge in [0.25, 0.3) is 0 Å². The Morgan fingerprint density at radius 2 is 2.16 bits per heavy atom. The van der Waals surface area contributed by atoms with Gasteiger partial charge in [-0.05, 0) is 55.6 Å². The van der Waals surface area contributed by atoms with Crippen molar-refractivity contribution in [1.29, 1.82) is 0 Å². The highest BCUT2D eigenvalue weighted by Gasteiger charge is 2.22. The van der Waals surface area contributed by atoms with Gasteiger partial charge in [0.15, 0.2) is 0 Å². The maximum atomic E-state index is 9.51. The van der Waals surface area contributed by atoms with Crippen LogP contribution in [0.2, 0.25) is 0 Å². The van der Waals surface area contributed by atoms with E-state index in [9.17, 15) is 5.11 Å². The molecule has 1 atom stereocenters. The van der Waals surface area contributed by atoms with Crippen molar-refractivity contribution in [3.8, 4) is 11.1 Å². The van der Waals surface area contributed by atoms with Gasteiger partial charge in [-0.15, -0.1) is 0 Å². The highest BCUT2D eigenvalue weighted by molar-refractivity contribution is 5.95. The number of likely N-dealkylation sites (tertiary alicyclic amines) is 1. The van der Waals surface area contributed by atoms with E-state index >= 15 is 0 Å². The van der Waals surface area contributed by atoms with E-state index in [0.717, 1.165) is 35.2 Å². The van der Waals surface area contributed by atoms with E-state index in [1.165, 1.54) is 30.5 Å². The van der Waals surface area contributed by atoms with E-state index in [2.05, 4.69) is 40.0 Å². The van der Waals surface area contributed by atoms with Crippen molar-refractivity contribution >= 4 is 11.0 Å². The number of rotatable bonds is 4. The predicted octanol–water partition coefficient (Wildman–Crippen LogP) is 4.10. The van der Waals surface area contributed by atoms with Crippen molar-refractivity contribution in [1.82, 2.24) is 14.9 Å². The lowest BCUT2D eigenvalue weighted by Crippen LogP contribution is -2.36. The van der Waals surface area contributed by atoms with Gasteiger partial charge in [-0.3, -0.25) is 4.90 Å². The summed E-state index contributed by atoms with van der Waals surface area (Å²) in [5, 5.41) is 10.7. The van der Waals surface area contributed by atoms with Crippen molar-refractivity contribution in [3.63, 3.8) is 0 Å². The molecule has 4 heteroatoms. The van der Waals surface area contributed by atoms with Gasteiger partial charge in [0.05, 0.1) is 6.61 Å². The van der Waals surface area contributed by atoms with E-state index in [4.69, 9.17) is 0 Å². The number of aromatic nitrogens is 2. The molecule has 2 aromatic heterocycles. The fourth-order valence-electron chi connectivity index (χ4n) is 3.94. The van der Waals surface area contributed by atoms with Crippen molar-refractivity contribution in [2.75, 3.05) is 6.54 Å². The fraction of sp³-hybridized carbons (Fsp3) is 0.381. The molecular formula is C21H25N3O. The third kappa shape index (κ3) is 3.20. The molecule has 1 saturated heterocycles. The highest BCUT2D eigenvalue weighted by atomic mass is 16.3. The molecule has 0 saturated carbocycles. The number of aliphatic hydroxyl groups is 1. The Kier molecular flexibility index (Phi) is 4.55. The van der Waals surface area contributed by atoms with Crippen LogP contribution in [0.1, 0.15) is 37.4 Å². The summed E-state index contributed by atoms with van der Waals surface area (Å²) < 4.78 is 0. The van der Waals surface area contributed by atoms with E-state index in [1.807, 2.05) is 24.4 Å². The molecule has 0 radical (unpaired) electrons. The molecule has 1 aromatic carbocycles. The summed E-state index contributed by atoms with van der Waals surface area (Å²) in [7, 11) is 0. The van der Waals surface area contributed by atoms with Crippen LogP contribution in [0.25, 0.3) is 22.2 Å². The zero-order valence-corrected chi connectivity index (χ0v) is 14.7. The molecule has 0 aliphatic carbocycles. The number of aliphatic hydroxyl groups excluding tert-OH is 1. The SMILES string of the molecule is CC1CCCCN1Cc1[nH]c2ncccc2c1-c1cccc(CO)c1. The first kappa shape index (κ1) is 16.3. The first-order valence-corrected chi connectivity index (χ1v) is 9.16. The van der Waals surface area contributed by atoms with Crippen molar-refractivity contribution in [2.24, 2.45) is 0 Å². The number of nitrogens with zero attached hydrogens (tertiary/aromatic N) is 2. The zero-order valence-electron chi connectivity index (χ0n) is 14.7. The Hall–Kier alpha value is -2.17. The first-order valence-electron chi connectivity index (χ1n) is 9.16. The van der Waals surface area contributed by atoms with Gasteiger partial charge in [-0.2, -0.15) is 0 Å². The van der Waals surface area contributed by atoms with Crippen LogP contribution < -0.4 is 0 Å². The highest BCUT2D eigenvalue weighted by Crippen LogP contribution is 2.33. The van der Waals surface area contributed by atoms with Gasteiger partial charge in [-0.1, -0.05) is 24.6 Å². The molecule has 0 amide bonds. The van der Waals surface area contributed by atoms with Crippen LogP contribution in [0, 0.1) is 0 Å². The summed E-state index contributed by atoms with van der Waals surface area (Å²) in [5.74, 6) is 0. The lowest BCUT2D eigenvalue weighted by molar-refractivity contribution is 0.151. The number of fused-ring (bicyclic) bond motifs is 1. The van der Waals surface area contributed by atoms with Gasteiger partial charge in [0.1, 0.15) is 5.65 Å². The summed E-state index contributed by atoms with van der Waals surface area (Å²) in [6, 6.07) is 12.9. The first-order chi connectivity index (χ1) is 12.3. The number of aromatic amines is 1. The van der Waals surface area contributed by atoms with Gasteiger partial charge >= 0.3 is 0 Å². The number of pyridine rings is 1. The van der Waals surface area contributed by atoms with Crippen LogP contribution in [0.4, 0.5) is 0 Å². The molecule has 1 fully saturated rings. The molecule has 0 bridgehead atoms. The normalized spacial score (nSPS) is 18.7. The Bertz CT molecular complexity index is 870. The Morgan fingerprint density at radius 1 is 1.24 bits per heavy atom. The minimum Gasteiger partial charge on any atom is -0.392 e. The lowest BCUT2D eigenvalue weighted by atomic mass is 9.99. The molecule has 3 heterocycles. The number of nitrogens with one attached hydrogen (secondary N) is 1. The van der Waals surface area contributed by atoms with Gasteiger partial charge in [-0.25, -0.2) is 4.98 Å². The van der Waals surface area contributed by atoms with E-state index in [-0.39, 0.29) is 6.61 Å². The third-order valence-electron chi connectivity index (χ3n) is 5.35. The van der Waals surface area contributed by atoms with Gasteiger partial charge in [0.2, 0.25) is 0 Å². The van der Waals surface area contributed by atoms with Crippen LogP contribution >= 0.6 is 0 Å². The number of H-pyrrole nitrogens is 1. The smallest absolute Gasteiger partial charge is 0.138 e. The minimum atomic E-state index is 0.0624. The third-order valence-corrected chi connectivity index (χ3v) is 5.35. The Labute approximate surface area is 148 Å². The summed E-state index contributed by atoms with van der Waals surface area (Å²) in [5.41, 5.74) is 5.46. The monoisotopic (exact) mass is 335 g/mol.